The van der Waals surface area contributed by atoms with Crippen LogP contribution < -0.4 is 0 Å². The van der Waals surface area contributed by atoms with Crippen molar-refractivity contribution in [2.75, 3.05) is 0 Å². The minimum absolute atomic E-state index is 0.304. The molecule has 8 nitrogen and oxygen atoms in total. The van der Waals surface area contributed by atoms with E-state index in [1.54, 1.807) is 0 Å². The third-order valence-electron chi connectivity index (χ3n) is 9.55. The number of para-hydroxylation sites is 4. The number of hydrogen-bond acceptors (Lipinski definition) is 7. The van der Waals surface area contributed by atoms with Gasteiger partial charge in [0, 0.05) is 10.8 Å². The van der Waals surface area contributed by atoms with Crippen molar-refractivity contribution in [3.8, 4) is 29.4 Å². The van der Waals surface area contributed by atoms with Gasteiger partial charge in [-0.3, -0.25) is 4.57 Å². The third kappa shape index (κ3) is 4.25. The van der Waals surface area contributed by atoms with Crippen molar-refractivity contribution >= 4 is 54.8 Å². The quantitative estimate of drug-likeness (QED) is 0.195. The SMILES string of the molecule is c1ccc2c(c1)ccc1c2c2cc(C3CCCCC3)ccc2n1-c1nc(-c2nc3ccccc3o2)nc(-c2nc3ccccc3o2)n1. The number of fused-ring (bicyclic) bond motifs is 7. The molecule has 47 heavy (non-hydrogen) atoms. The molecule has 1 saturated carbocycles. The molecule has 0 spiro atoms. The van der Waals surface area contributed by atoms with Gasteiger partial charge in [0.15, 0.2) is 11.2 Å². The first-order valence-corrected chi connectivity index (χ1v) is 16.2. The van der Waals surface area contributed by atoms with Crippen LogP contribution in [-0.2, 0) is 0 Å². The summed E-state index contributed by atoms with van der Waals surface area (Å²) in [4.78, 5) is 24.3. The van der Waals surface area contributed by atoms with Crippen LogP contribution in [0.4, 0.5) is 0 Å². The summed E-state index contributed by atoms with van der Waals surface area (Å²) in [5.41, 5.74) is 6.21. The average molecular weight is 613 g/mol. The van der Waals surface area contributed by atoms with Gasteiger partial charge in [-0.05, 0) is 77.6 Å². The molecule has 0 N–H and O–H groups in total. The first-order valence-electron chi connectivity index (χ1n) is 16.2. The van der Waals surface area contributed by atoms with Crippen LogP contribution in [0.5, 0.6) is 0 Å². The fourth-order valence-corrected chi connectivity index (χ4v) is 7.31. The second-order valence-corrected chi connectivity index (χ2v) is 12.4. The Labute approximate surface area is 268 Å². The molecule has 1 fully saturated rings. The van der Waals surface area contributed by atoms with Gasteiger partial charge in [0.25, 0.3) is 11.8 Å². The van der Waals surface area contributed by atoms with E-state index in [4.69, 9.17) is 33.8 Å². The number of rotatable bonds is 4. The zero-order chi connectivity index (χ0) is 30.9. The molecule has 1 aliphatic rings. The van der Waals surface area contributed by atoms with Crippen LogP contribution in [0.25, 0.3) is 84.2 Å². The maximum Gasteiger partial charge on any atom is 0.266 e. The molecule has 8 heteroatoms. The van der Waals surface area contributed by atoms with Crippen LogP contribution in [0.15, 0.2) is 112 Å². The molecule has 0 radical (unpaired) electrons. The summed E-state index contributed by atoms with van der Waals surface area (Å²) >= 11 is 0. The Morgan fingerprint density at radius 3 is 1.89 bits per heavy atom. The van der Waals surface area contributed by atoms with Gasteiger partial charge < -0.3 is 8.83 Å². The molecule has 0 saturated heterocycles. The van der Waals surface area contributed by atoms with Crippen molar-refractivity contribution in [1.29, 1.82) is 0 Å². The van der Waals surface area contributed by atoms with Gasteiger partial charge in [0.1, 0.15) is 11.0 Å². The lowest BCUT2D eigenvalue weighted by Gasteiger charge is -2.22. The van der Waals surface area contributed by atoms with Crippen LogP contribution in [0.1, 0.15) is 43.6 Å². The highest BCUT2D eigenvalue weighted by Gasteiger charge is 2.24. The topological polar surface area (TPSA) is 95.7 Å². The number of nitrogens with zero attached hydrogens (tertiary/aromatic N) is 6. The maximum absolute atomic E-state index is 6.17. The number of benzene rings is 5. The fraction of sp³-hybridized carbons (Fsp3) is 0.154. The van der Waals surface area contributed by atoms with Crippen LogP contribution in [-0.4, -0.2) is 29.5 Å². The summed E-state index contributed by atoms with van der Waals surface area (Å²) in [6.07, 6.45) is 6.37. The third-order valence-corrected chi connectivity index (χ3v) is 9.55. The molecule has 4 heterocycles. The van der Waals surface area contributed by atoms with Crippen LogP contribution in [0.3, 0.4) is 0 Å². The van der Waals surface area contributed by atoms with E-state index in [1.807, 2.05) is 48.5 Å². The van der Waals surface area contributed by atoms with E-state index in [9.17, 15) is 0 Å². The molecule has 0 unspecified atom stereocenters. The number of aromatic nitrogens is 6. The van der Waals surface area contributed by atoms with Crippen molar-refractivity contribution in [2.45, 2.75) is 38.0 Å². The predicted octanol–water partition coefficient (Wildman–Crippen LogP) is 9.79. The van der Waals surface area contributed by atoms with Gasteiger partial charge in [0.05, 0.1) is 11.0 Å². The summed E-state index contributed by atoms with van der Waals surface area (Å²) in [5.74, 6) is 2.23. The average Bonchev–Trinajstić information content (AvgIpc) is 3.85. The molecule has 226 valence electrons. The zero-order valence-corrected chi connectivity index (χ0v) is 25.4. The van der Waals surface area contributed by atoms with Crippen LogP contribution >= 0.6 is 0 Å². The van der Waals surface area contributed by atoms with E-state index in [0.29, 0.717) is 46.5 Å². The second-order valence-electron chi connectivity index (χ2n) is 12.4. The normalized spacial score (nSPS) is 14.3. The lowest BCUT2D eigenvalue weighted by Crippen LogP contribution is -2.07. The smallest absolute Gasteiger partial charge is 0.266 e. The van der Waals surface area contributed by atoms with Crippen molar-refractivity contribution < 1.29 is 8.83 Å². The molecular formula is C39H28N6O2. The molecule has 0 amide bonds. The number of oxazole rings is 2. The molecule has 0 atom stereocenters. The Kier molecular flexibility index (Phi) is 5.78. The predicted molar refractivity (Wildman–Crippen MR) is 184 cm³/mol. The molecule has 10 rings (SSSR count). The summed E-state index contributed by atoms with van der Waals surface area (Å²) in [6, 6.07) is 35.1. The van der Waals surface area contributed by atoms with Gasteiger partial charge in [-0.2, -0.15) is 15.0 Å². The molecule has 4 aromatic heterocycles. The molecule has 0 bridgehead atoms. The summed E-state index contributed by atoms with van der Waals surface area (Å²) < 4.78 is 14.5. The van der Waals surface area contributed by atoms with E-state index in [0.717, 1.165) is 22.1 Å². The molecule has 5 aromatic carbocycles. The first-order chi connectivity index (χ1) is 23.3. The van der Waals surface area contributed by atoms with Crippen molar-refractivity contribution in [3.63, 3.8) is 0 Å². The minimum Gasteiger partial charge on any atom is -0.434 e. The van der Waals surface area contributed by atoms with E-state index in [2.05, 4.69) is 59.2 Å². The monoisotopic (exact) mass is 612 g/mol. The summed E-state index contributed by atoms with van der Waals surface area (Å²) in [6.45, 7) is 0. The van der Waals surface area contributed by atoms with E-state index in [1.165, 1.54) is 59.2 Å². The highest BCUT2D eigenvalue weighted by atomic mass is 16.4. The Morgan fingerprint density at radius 2 is 1.19 bits per heavy atom. The zero-order valence-electron chi connectivity index (χ0n) is 25.4. The van der Waals surface area contributed by atoms with Crippen molar-refractivity contribution in [1.82, 2.24) is 29.5 Å². The summed E-state index contributed by atoms with van der Waals surface area (Å²) in [7, 11) is 0. The highest BCUT2D eigenvalue weighted by Crippen LogP contribution is 2.40. The second kappa shape index (κ2) is 10.3. The molecule has 0 aliphatic heterocycles. The Morgan fingerprint density at radius 1 is 0.553 bits per heavy atom. The van der Waals surface area contributed by atoms with Gasteiger partial charge in [0.2, 0.25) is 17.6 Å². The summed E-state index contributed by atoms with van der Waals surface area (Å²) in [5, 5.41) is 4.76. The van der Waals surface area contributed by atoms with E-state index < -0.39 is 0 Å². The maximum atomic E-state index is 6.17. The lowest BCUT2D eigenvalue weighted by molar-refractivity contribution is 0.444. The Balaban J connectivity index is 1.26. The standard InChI is InChI=1S/C39H28N6O2/c1-2-10-23(11-3-1)25-19-20-30-27(22-25)34-26-13-5-4-12-24(26)18-21-31(34)45(30)39-43-35(37-40-28-14-6-8-16-32(28)46-37)42-36(44-39)38-41-29-15-7-9-17-33(29)47-38/h4-9,12-23H,1-3,10-11H2. The van der Waals surface area contributed by atoms with Crippen LogP contribution in [0.2, 0.25) is 0 Å². The first kappa shape index (κ1) is 26.3. The number of hydrogen-bond donors (Lipinski definition) is 0. The van der Waals surface area contributed by atoms with Gasteiger partial charge >= 0.3 is 0 Å². The molecule has 1 aliphatic carbocycles. The Hall–Kier alpha value is -5.89. The van der Waals surface area contributed by atoms with E-state index >= 15 is 0 Å². The van der Waals surface area contributed by atoms with Gasteiger partial charge in [-0.15, -0.1) is 0 Å². The molecule has 9 aromatic rings. The van der Waals surface area contributed by atoms with Crippen molar-refractivity contribution in [2.24, 2.45) is 0 Å². The van der Waals surface area contributed by atoms with Crippen LogP contribution in [0, 0.1) is 0 Å². The molecular weight excluding hydrogens is 584 g/mol. The largest absolute Gasteiger partial charge is 0.434 e. The minimum atomic E-state index is 0.304. The van der Waals surface area contributed by atoms with Crippen molar-refractivity contribution in [3.05, 3.63) is 109 Å². The van der Waals surface area contributed by atoms with E-state index in [-0.39, 0.29) is 0 Å². The van der Waals surface area contributed by atoms with Gasteiger partial charge in [-0.25, -0.2) is 9.97 Å². The Bertz CT molecular complexity index is 2480. The fourth-order valence-electron chi connectivity index (χ4n) is 7.31. The lowest BCUT2D eigenvalue weighted by atomic mass is 9.83. The van der Waals surface area contributed by atoms with Gasteiger partial charge in [-0.1, -0.05) is 79.9 Å². The highest BCUT2D eigenvalue weighted by molar-refractivity contribution is 6.21.